The van der Waals surface area contributed by atoms with E-state index in [9.17, 15) is 0 Å². The van der Waals surface area contributed by atoms with E-state index in [1.54, 1.807) is 0 Å². The summed E-state index contributed by atoms with van der Waals surface area (Å²) in [6, 6.07) is 8.33. The topological polar surface area (TPSA) is 17.8 Å². The zero-order chi connectivity index (χ0) is 12.0. The van der Waals surface area contributed by atoms with E-state index in [1.165, 1.54) is 22.2 Å². The van der Waals surface area contributed by atoms with Crippen molar-refractivity contribution < 1.29 is 0 Å². The predicted octanol–water partition coefficient (Wildman–Crippen LogP) is 4.26. The van der Waals surface area contributed by atoms with Crippen molar-refractivity contribution in [3.8, 4) is 10.6 Å². The maximum absolute atomic E-state index is 6.09. The molecule has 0 saturated heterocycles. The standard InChI is InChI=1S/C13H11ClN2S/c1-8-12(14)17-13(15-8)10-7-16(2)11-6-4-3-5-9(10)11/h3-7H,1-2H3. The summed E-state index contributed by atoms with van der Waals surface area (Å²) in [4.78, 5) is 4.52. The summed E-state index contributed by atoms with van der Waals surface area (Å²) in [6.45, 7) is 1.94. The number of fused-ring (bicyclic) bond motifs is 1. The number of nitrogens with zero attached hydrogens (tertiary/aromatic N) is 2. The number of halogens is 1. The minimum absolute atomic E-state index is 0.771. The SMILES string of the molecule is Cc1nc(-c2cn(C)c3ccccc23)sc1Cl. The first-order valence-electron chi connectivity index (χ1n) is 5.34. The molecule has 0 radical (unpaired) electrons. The Morgan fingerprint density at radius 2 is 2.06 bits per heavy atom. The average Bonchev–Trinajstić information content (AvgIpc) is 2.82. The number of hydrogen-bond donors (Lipinski definition) is 0. The Hall–Kier alpha value is -1.32. The van der Waals surface area contributed by atoms with Crippen LogP contribution < -0.4 is 0 Å². The van der Waals surface area contributed by atoms with Gasteiger partial charge in [0, 0.05) is 29.7 Å². The van der Waals surface area contributed by atoms with Crippen molar-refractivity contribution in [2.24, 2.45) is 7.05 Å². The van der Waals surface area contributed by atoms with E-state index in [0.29, 0.717) is 0 Å². The Bertz CT molecular complexity index is 677. The molecule has 3 rings (SSSR count). The Balaban J connectivity index is 2.30. The van der Waals surface area contributed by atoms with Gasteiger partial charge in [-0.15, -0.1) is 11.3 Å². The van der Waals surface area contributed by atoms with Crippen molar-refractivity contribution in [3.63, 3.8) is 0 Å². The predicted molar refractivity (Wildman–Crippen MR) is 73.8 cm³/mol. The molecule has 0 atom stereocenters. The molecule has 0 saturated carbocycles. The third-order valence-corrected chi connectivity index (χ3v) is 4.35. The average molecular weight is 263 g/mol. The molecule has 2 nitrogen and oxygen atoms in total. The monoisotopic (exact) mass is 262 g/mol. The largest absolute Gasteiger partial charge is 0.350 e. The molecule has 1 aromatic carbocycles. The summed E-state index contributed by atoms with van der Waals surface area (Å²) in [5.41, 5.74) is 3.27. The number of hydrogen-bond acceptors (Lipinski definition) is 2. The number of aromatic nitrogens is 2. The van der Waals surface area contributed by atoms with E-state index in [4.69, 9.17) is 11.6 Å². The molecule has 2 heterocycles. The molecule has 0 unspecified atom stereocenters. The van der Waals surface area contributed by atoms with Crippen LogP contribution in [-0.4, -0.2) is 9.55 Å². The molecule has 0 aliphatic rings. The summed E-state index contributed by atoms with van der Waals surface area (Å²) in [7, 11) is 2.05. The zero-order valence-corrected chi connectivity index (χ0v) is 11.1. The molecule has 0 bridgehead atoms. The zero-order valence-electron chi connectivity index (χ0n) is 9.57. The van der Waals surface area contributed by atoms with Gasteiger partial charge in [0.1, 0.15) is 9.34 Å². The first-order chi connectivity index (χ1) is 8.16. The highest BCUT2D eigenvalue weighted by Gasteiger charge is 2.13. The minimum atomic E-state index is 0.771. The fraction of sp³-hybridized carbons (Fsp3) is 0.154. The van der Waals surface area contributed by atoms with Gasteiger partial charge in [-0.25, -0.2) is 4.98 Å². The van der Waals surface area contributed by atoms with Crippen molar-refractivity contribution in [2.75, 3.05) is 0 Å². The van der Waals surface area contributed by atoms with Crippen LogP contribution in [0.5, 0.6) is 0 Å². The van der Waals surface area contributed by atoms with Crippen LogP contribution in [0.1, 0.15) is 5.69 Å². The van der Waals surface area contributed by atoms with Crippen molar-refractivity contribution >= 4 is 33.8 Å². The van der Waals surface area contributed by atoms with Crippen LogP contribution in [0.25, 0.3) is 21.5 Å². The van der Waals surface area contributed by atoms with Crippen LogP contribution in [0.2, 0.25) is 4.34 Å². The van der Waals surface area contributed by atoms with Crippen LogP contribution in [-0.2, 0) is 7.05 Å². The summed E-state index contributed by atoms with van der Waals surface area (Å²) in [5.74, 6) is 0. The van der Waals surface area contributed by atoms with Gasteiger partial charge in [0.05, 0.1) is 5.69 Å². The molecule has 0 aliphatic carbocycles. The second-order valence-corrected chi connectivity index (χ2v) is 5.65. The van der Waals surface area contributed by atoms with E-state index in [-0.39, 0.29) is 0 Å². The molecule has 0 spiro atoms. The summed E-state index contributed by atoms with van der Waals surface area (Å²) in [6.07, 6.45) is 2.11. The Morgan fingerprint density at radius 1 is 1.29 bits per heavy atom. The molecule has 2 aromatic heterocycles. The number of rotatable bonds is 1. The van der Waals surface area contributed by atoms with E-state index < -0.39 is 0 Å². The fourth-order valence-electron chi connectivity index (χ4n) is 2.01. The van der Waals surface area contributed by atoms with E-state index in [2.05, 4.69) is 27.9 Å². The second-order valence-electron chi connectivity index (χ2n) is 4.05. The number of para-hydroxylation sites is 1. The minimum Gasteiger partial charge on any atom is -0.350 e. The summed E-state index contributed by atoms with van der Waals surface area (Å²) < 4.78 is 2.89. The highest BCUT2D eigenvalue weighted by atomic mass is 35.5. The number of thiazole rings is 1. The maximum atomic E-state index is 6.09. The fourth-order valence-corrected chi connectivity index (χ4v) is 3.08. The first kappa shape index (κ1) is 10.8. The maximum Gasteiger partial charge on any atom is 0.127 e. The van der Waals surface area contributed by atoms with E-state index in [0.717, 1.165) is 20.6 Å². The van der Waals surface area contributed by atoms with Gasteiger partial charge in [0.15, 0.2) is 0 Å². The Kier molecular flexibility index (Phi) is 2.45. The van der Waals surface area contributed by atoms with Gasteiger partial charge in [-0.05, 0) is 13.0 Å². The molecule has 17 heavy (non-hydrogen) atoms. The van der Waals surface area contributed by atoms with Crippen LogP contribution in [0.3, 0.4) is 0 Å². The van der Waals surface area contributed by atoms with Crippen LogP contribution >= 0.6 is 22.9 Å². The molecule has 4 heteroatoms. The van der Waals surface area contributed by atoms with Gasteiger partial charge in [-0.1, -0.05) is 29.8 Å². The lowest BCUT2D eigenvalue weighted by atomic mass is 10.2. The van der Waals surface area contributed by atoms with Crippen molar-refractivity contribution in [3.05, 3.63) is 40.5 Å². The number of aryl methyl sites for hydroxylation is 2. The van der Waals surface area contributed by atoms with Crippen LogP contribution in [0, 0.1) is 6.92 Å². The molecular formula is C13H11ClN2S. The van der Waals surface area contributed by atoms with Crippen molar-refractivity contribution in [1.82, 2.24) is 9.55 Å². The smallest absolute Gasteiger partial charge is 0.127 e. The highest BCUT2D eigenvalue weighted by molar-refractivity contribution is 7.19. The molecule has 0 amide bonds. The van der Waals surface area contributed by atoms with Crippen molar-refractivity contribution in [1.29, 1.82) is 0 Å². The summed E-state index contributed by atoms with van der Waals surface area (Å²) in [5, 5.41) is 2.21. The lowest BCUT2D eigenvalue weighted by Gasteiger charge is -1.93. The van der Waals surface area contributed by atoms with E-state index >= 15 is 0 Å². The van der Waals surface area contributed by atoms with Gasteiger partial charge in [-0.3, -0.25) is 0 Å². The third kappa shape index (κ3) is 1.66. The quantitative estimate of drug-likeness (QED) is 0.641. The Morgan fingerprint density at radius 3 is 2.76 bits per heavy atom. The van der Waals surface area contributed by atoms with Crippen LogP contribution in [0.4, 0.5) is 0 Å². The van der Waals surface area contributed by atoms with Gasteiger partial charge < -0.3 is 4.57 Å². The van der Waals surface area contributed by atoms with Crippen LogP contribution in [0.15, 0.2) is 30.5 Å². The lowest BCUT2D eigenvalue weighted by Crippen LogP contribution is -1.81. The Labute approximate surface area is 108 Å². The van der Waals surface area contributed by atoms with Gasteiger partial charge in [0.2, 0.25) is 0 Å². The lowest BCUT2D eigenvalue weighted by molar-refractivity contribution is 0.970. The third-order valence-electron chi connectivity index (χ3n) is 2.87. The molecule has 0 fully saturated rings. The normalized spacial score (nSPS) is 11.2. The second kappa shape index (κ2) is 3.86. The van der Waals surface area contributed by atoms with Crippen molar-refractivity contribution in [2.45, 2.75) is 6.92 Å². The molecule has 0 N–H and O–H groups in total. The first-order valence-corrected chi connectivity index (χ1v) is 6.53. The van der Waals surface area contributed by atoms with Gasteiger partial charge in [0.25, 0.3) is 0 Å². The molecule has 0 aliphatic heterocycles. The molecule has 3 aromatic rings. The molecular weight excluding hydrogens is 252 g/mol. The molecule has 86 valence electrons. The highest BCUT2D eigenvalue weighted by Crippen LogP contribution is 2.35. The number of benzene rings is 1. The van der Waals surface area contributed by atoms with E-state index in [1.807, 2.05) is 26.1 Å². The summed E-state index contributed by atoms with van der Waals surface area (Å²) >= 11 is 7.62. The van der Waals surface area contributed by atoms with Gasteiger partial charge >= 0.3 is 0 Å². The van der Waals surface area contributed by atoms with Gasteiger partial charge in [-0.2, -0.15) is 0 Å².